The van der Waals surface area contributed by atoms with E-state index in [0.717, 1.165) is 51.5 Å². The van der Waals surface area contributed by atoms with E-state index in [0.29, 0.717) is 43.5 Å². The highest BCUT2D eigenvalue weighted by Gasteiger charge is 2.72. The zero-order chi connectivity index (χ0) is 36.7. The van der Waals surface area contributed by atoms with Crippen LogP contribution in [0.15, 0.2) is 11.6 Å². The van der Waals surface area contributed by atoms with E-state index in [4.69, 9.17) is 15.2 Å². The van der Waals surface area contributed by atoms with Gasteiger partial charge in [0, 0.05) is 16.9 Å². The maximum absolute atomic E-state index is 13.5. The molecule has 0 radical (unpaired) electrons. The van der Waals surface area contributed by atoms with Crippen molar-refractivity contribution < 1.29 is 19.4 Å². The third-order valence-electron chi connectivity index (χ3n) is 16.0. The van der Waals surface area contributed by atoms with E-state index in [1.807, 2.05) is 0 Å². The first-order valence-corrected chi connectivity index (χ1v) is 19.7. The summed E-state index contributed by atoms with van der Waals surface area (Å²) < 4.78 is 13.9. The van der Waals surface area contributed by atoms with Gasteiger partial charge in [-0.25, -0.2) is 0 Å². The number of anilines is 1. The fourth-order valence-corrected chi connectivity index (χ4v) is 12.6. The van der Waals surface area contributed by atoms with E-state index in [1.165, 1.54) is 5.57 Å². The van der Waals surface area contributed by atoms with Crippen LogP contribution in [0, 0.1) is 62.1 Å². The van der Waals surface area contributed by atoms with Gasteiger partial charge in [0.05, 0.1) is 31.8 Å². The van der Waals surface area contributed by atoms with Gasteiger partial charge in [0.25, 0.3) is 5.95 Å². The van der Waals surface area contributed by atoms with Crippen LogP contribution in [0.1, 0.15) is 127 Å². The molecule has 1 aliphatic heterocycles. The Morgan fingerprint density at radius 1 is 1.14 bits per heavy atom. The lowest BCUT2D eigenvalue weighted by Crippen LogP contribution is -2.69. The maximum atomic E-state index is 13.5. The molecule has 0 spiro atoms. The molecule has 4 fully saturated rings. The Bertz CT molecular complexity index is 1450. The largest absolute Gasteiger partial charge is 0.481 e. The van der Waals surface area contributed by atoms with Gasteiger partial charge in [-0.15, -0.1) is 5.10 Å². The Balaban J connectivity index is 1.42. The fourth-order valence-electron chi connectivity index (χ4n) is 12.6. The zero-order valence-corrected chi connectivity index (χ0v) is 33.0. The number of nitrogens with zero attached hydrogens (tertiary/aromatic N) is 4. The van der Waals surface area contributed by atoms with Gasteiger partial charge in [0.2, 0.25) is 0 Å². The number of carboxylic acids is 1. The lowest BCUT2D eigenvalue weighted by Gasteiger charge is -2.71. The van der Waals surface area contributed by atoms with Crippen molar-refractivity contribution in [3.05, 3.63) is 11.6 Å². The van der Waals surface area contributed by atoms with Gasteiger partial charge in [0.15, 0.2) is 0 Å². The second-order valence-corrected chi connectivity index (χ2v) is 19.7. The van der Waals surface area contributed by atoms with Crippen LogP contribution < -0.4 is 11.1 Å². The van der Waals surface area contributed by atoms with Crippen molar-refractivity contribution in [2.45, 2.75) is 139 Å². The number of fused-ring (bicyclic) bond motifs is 3. The van der Waals surface area contributed by atoms with Gasteiger partial charge >= 0.3 is 5.97 Å². The van der Waals surface area contributed by atoms with Crippen LogP contribution in [-0.4, -0.2) is 69.8 Å². The molecule has 50 heavy (non-hydrogen) atoms. The van der Waals surface area contributed by atoms with Crippen LogP contribution in [0.3, 0.4) is 0 Å². The number of hydrogen-bond donors (Lipinski definition) is 3. The molecule has 2 heterocycles. The number of carbonyl (C=O) groups is 1. The average Bonchev–Trinajstić information content (AvgIpc) is 3.46. The topological polar surface area (TPSA) is 137 Å². The lowest BCUT2D eigenvalue weighted by atomic mass is 9.34. The van der Waals surface area contributed by atoms with Gasteiger partial charge in [-0.3, -0.25) is 4.79 Å². The van der Waals surface area contributed by atoms with Crippen LogP contribution in [0.2, 0.25) is 0 Å². The minimum atomic E-state index is -0.625. The van der Waals surface area contributed by atoms with E-state index in [1.54, 1.807) is 4.80 Å². The minimum Gasteiger partial charge on any atom is -0.481 e. The highest BCUT2D eigenvalue weighted by atomic mass is 16.5. The number of carboxylic acid groups (broad SMARTS) is 1. The fraction of sp³-hybridized carbons (Fsp3) is 0.900. The minimum absolute atomic E-state index is 0.0207. The van der Waals surface area contributed by atoms with E-state index >= 15 is 0 Å². The first-order chi connectivity index (χ1) is 23.3. The molecule has 4 aliphatic carbocycles. The quantitative estimate of drug-likeness (QED) is 0.217. The molecular formula is C40H68N6O4. The second-order valence-electron chi connectivity index (χ2n) is 19.7. The van der Waals surface area contributed by atoms with Crippen molar-refractivity contribution in [2.75, 3.05) is 32.1 Å². The van der Waals surface area contributed by atoms with Gasteiger partial charge in [0.1, 0.15) is 6.04 Å². The van der Waals surface area contributed by atoms with Crippen LogP contribution >= 0.6 is 0 Å². The summed E-state index contributed by atoms with van der Waals surface area (Å²) in [5.41, 5.74) is 6.35. The number of ether oxygens (including phenoxy) is 2. The Hall–Kier alpha value is -2.04. The first-order valence-electron chi connectivity index (χ1n) is 19.7. The number of aromatic nitrogens is 4. The number of rotatable bonds is 10. The molecule has 0 amide bonds. The van der Waals surface area contributed by atoms with Crippen molar-refractivity contribution in [1.29, 1.82) is 0 Å². The number of nitrogens with one attached hydrogen (secondary N) is 1. The average molecular weight is 697 g/mol. The standard InChI is InChI=1S/C40H68N6O4/c1-12-19-42-30(35(5,6)7)21-50-32-28(46-44-34(41)43-45-46)20-40-23-49-22-37(32,9)29(40)14-13-26-27(40)15-16-39(11)31(33(47)48)36(8,25(4)24(2)3)17-18-38(26,39)10/h15,24-26,28-32,42H,12-14,16-23H2,1-11H3,(H2,41,44)(H,47,48)/t25-,26+,28-,29+,30+,31-,32+,36-,37-,38-,39+,40+/m1/s1. The van der Waals surface area contributed by atoms with Gasteiger partial charge in [-0.2, -0.15) is 4.80 Å². The summed E-state index contributed by atoms with van der Waals surface area (Å²) in [6.45, 7) is 28.0. The van der Waals surface area contributed by atoms with E-state index in [-0.39, 0.29) is 56.6 Å². The summed E-state index contributed by atoms with van der Waals surface area (Å²) in [5, 5.41) is 28.1. The lowest BCUT2D eigenvalue weighted by molar-refractivity contribution is -0.253. The van der Waals surface area contributed by atoms with E-state index in [2.05, 4.69) is 103 Å². The Labute approximate surface area is 301 Å². The maximum Gasteiger partial charge on any atom is 0.307 e. The number of hydrogen-bond acceptors (Lipinski definition) is 8. The first kappa shape index (κ1) is 37.7. The highest BCUT2D eigenvalue weighted by molar-refractivity contribution is 5.73. The Morgan fingerprint density at radius 2 is 1.86 bits per heavy atom. The molecule has 1 aromatic heterocycles. The smallest absolute Gasteiger partial charge is 0.307 e. The number of nitrogen functional groups attached to an aromatic ring is 1. The molecule has 0 aromatic carbocycles. The van der Waals surface area contributed by atoms with Crippen molar-refractivity contribution >= 4 is 11.9 Å². The molecular weight excluding hydrogens is 628 g/mol. The summed E-state index contributed by atoms with van der Waals surface area (Å²) in [7, 11) is 0. The Kier molecular flexibility index (Phi) is 9.67. The van der Waals surface area contributed by atoms with Crippen molar-refractivity contribution in [3.8, 4) is 0 Å². The molecule has 4 N–H and O–H groups in total. The molecule has 1 aromatic rings. The van der Waals surface area contributed by atoms with E-state index < -0.39 is 11.9 Å². The van der Waals surface area contributed by atoms with Crippen LogP contribution in [0.25, 0.3) is 0 Å². The summed E-state index contributed by atoms with van der Waals surface area (Å²) in [6, 6.07) is 0.0227. The number of allylic oxidation sites excluding steroid dienone is 1. The zero-order valence-electron chi connectivity index (χ0n) is 33.0. The molecule has 10 heteroatoms. The molecule has 3 saturated carbocycles. The number of nitrogens with two attached hydrogens (primary N) is 1. The number of tetrazole rings is 1. The molecule has 5 aliphatic rings. The van der Waals surface area contributed by atoms with Gasteiger partial charge in [-0.1, -0.05) is 92.9 Å². The number of aliphatic carboxylic acids is 1. The third-order valence-corrected chi connectivity index (χ3v) is 16.0. The monoisotopic (exact) mass is 697 g/mol. The van der Waals surface area contributed by atoms with Crippen molar-refractivity contribution in [2.24, 2.45) is 62.1 Å². The normalized spacial score (nSPS) is 42.6. The summed E-state index contributed by atoms with van der Waals surface area (Å²) >= 11 is 0. The predicted molar refractivity (Wildman–Crippen MR) is 196 cm³/mol. The van der Waals surface area contributed by atoms with Crippen molar-refractivity contribution in [1.82, 2.24) is 25.5 Å². The van der Waals surface area contributed by atoms with Crippen molar-refractivity contribution in [3.63, 3.8) is 0 Å². The molecule has 0 unspecified atom stereocenters. The molecule has 10 nitrogen and oxygen atoms in total. The van der Waals surface area contributed by atoms with Crippen LogP contribution in [0.4, 0.5) is 5.95 Å². The van der Waals surface area contributed by atoms with Gasteiger partial charge in [-0.05, 0) is 102 Å². The molecule has 1 saturated heterocycles. The van der Waals surface area contributed by atoms with E-state index in [9.17, 15) is 9.90 Å². The van der Waals surface area contributed by atoms with Crippen LogP contribution in [-0.2, 0) is 14.3 Å². The highest BCUT2D eigenvalue weighted by Crippen LogP contribution is 2.75. The predicted octanol–water partition coefficient (Wildman–Crippen LogP) is 7.18. The third kappa shape index (κ3) is 5.50. The SMILES string of the molecule is CCCN[C@@H](CO[C@H]1[C@H](n2nnc(N)n2)C[C@@]23COC[C@]1(C)[C@@H]2CC[C@H]1C3=CC[C@@]2(C)[C@H](C(=O)O)[C@@](C)([C@H](C)C(C)C)CC[C@]12C)C(C)(C)C. The summed E-state index contributed by atoms with van der Waals surface area (Å²) in [4.78, 5) is 15.2. The molecule has 6 rings (SSSR count). The summed E-state index contributed by atoms with van der Waals surface area (Å²) in [5.74, 6) is 0.525. The molecule has 2 bridgehead atoms. The summed E-state index contributed by atoms with van der Waals surface area (Å²) in [6.07, 6.45) is 9.05. The second kappa shape index (κ2) is 12.8. The molecule has 12 atom stereocenters. The molecule has 282 valence electrons. The van der Waals surface area contributed by atoms with Gasteiger partial charge < -0.3 is 25.6 Å². The Morgan fingerprint density at radius 3 is 2.46 bits per heavy atom. The van der Waals surface area contributed by atoms with Crippen LogP contribution in [0.5, 0.6) is 0 Å².